The number of alkyl halides is 3. The Balaban J connectivity index is 1.34. The minimum absolute atomic E-state index is 0.0216. The highest BCUT2D eigenvalue weighted by Gasteiger charge is 2.31. The lowest BCUT2D eigenvalue weighted by Gasteiger charge is -2.32. The third-order valence-corrected chi connectivity index (χ3v) is 5.90. The maximum Gasteiger partial charge on any atom is 0.416 e. The predicted molar refractivity (Wildman–Crippen MR) is 109 cm³/mol. The zero-order valence-corrected chi connectivity index (χ0v) is 16.7. The number of rotatable bonds is 4. The van der Waals surface area contributed by atoms with Gasteiger partial charge in [-0.15, -0.1) is 11.3 Å². The van der Waals surface area contributed by atoms with Crippen LogP contribution in [0.25, 0.3) is 11.3 Å². The Morgan fingerprint density at radius 2 is 1.97 bits per heavy atom. The van der Waals surface area contributed by atoms with E-state index < -0.39 is 17.6 Å². The molecule has 0 radical (unpaired) electrons. The normalized spacial score (nSPS) is 15.2. The second-order valence-corrected chi connectivity index (χ2v) is 7.91. The molecular formula is C21H19F3N4OS. The molecule has 9 heteroatoms. The van der Waals surface area contributed by atoms with E-state index in [1.165, 1.54) is 12.1 Å². The van der Waals surface area contributed by atoms with Gasteiger partial charge >= 0.3 is 6.18 Å². The first kappa shape index (κ1) is 20.3. The van der Waals surface area contributed by atoms with Crippen LogP contribution >= 0.6 is 11.3 Å². The third-order valence-electron chi connectivity index (χ3n) is 5.00. The molecule has 30 heavy (non-hydrogen) atoms. The molecule has 2 aromatic heterocycles. The van der Waals surface area contributed by atoms with Gasteiger partial charge in [0.15, 0.2) is 5.13 Å². The second kappa shape index (κ2) is 8.43. The summed E-state index contributed by atoms with van der Waals surface area (Å²) in [5, 5.41) is 5.77. The van der Waals surface area contributed by atoms with Crippen molar-refractivity contribution in [2.45, 2.75) is 25.1 Å². The molecule has 156 valence electrons. The Bertz CT molecular complexity index is 1010. The molecule has 1 aliphatic rings. The van der Waals surface area contributed by atoms with E-state index >= 15 is 0 Å². The van der Waals surface area contributed by atoms with Gasteiger partial charge in [0.05, 0.1) is 11.3 Å². The lowest BCUT2D eigenvalue weighted by atomic mass is 10.0. The van der Waals surface area contributed by atoms with Crippen molar-refractivity contribution in [2.75, 3.05) is 18.0 Å². The summed E-state index contributed by atoms with van der Waals surface area (Å²) < 4.78 is 38.6. The van der Waals surface area contributed by atoms with Gasteiger partial charge in [-0.05, 0) is 43.2 Å². The second-order valence-electron chi connectivity index (χ2n) is 7.07. The molecule has 3 heterocycles. The number of piperidine rings is 1. The Morgan fingerprint density at radius 1 is 1.17 bits per heavy atom. The quantitative estimate of drug-likeness (QED) is 0.654. The highest BCUT2D eigenvalue weighted by molar-refractivity contribution is 7.14. The van der Waals surface area contributed by atoms with E-state index in [1.807, 2.05) is 17.5 Å². The minimum atomic E-state index is -4.47. The number of pyridine rings is 1. The Hall–Kier alpha value is -2.94. The molecule has 1 aromatic carbocycles. The van der Waals surface area contributed by atoms with Crippen molar-refractivity contribution in [3.8, 4) is 11.3 Å². The number of carbonyl (C=O) groups excluding carboxylic acids is 1. The molecule has 0 aliphatic carbocycles. The van der Waals surface area contributed by atoms with E-state index in [4.69, 9.17) is 0 Å². The Morgan fingerprint density at radius 3 is 2.67 bits per heavy atom. The van der Waals surface area contributed by atoms with Crippen LogP contribution in [0.2, 0.25) is 0 Å². The number of nitrogens with zero attached hydrogens (tertiary/aromatic N) is 3. The molecule has 0 saturated carbocycles. The average Bonchev–Trinajstić information content (AvgIpc) is 3.25. The standard InChI is InChI=1S/C21H19F3N4OS/c22-21(23,24)16-5-1-3-14(11-16)19(29)26-17-6-9-28(10-7-17)20-27-18(13-30-20)15-4-2-8-25-12-15/h1-5,8,11-13,17H,6-7,9-10H2,(H,26,29). The zero-order valence-electron chi connectivity index (χ0n) is 15.9. The molecule has 0 spiro atoms. The van der Waals surface area contributed by atoms with Crippen molar-refractivity contribution in [3.63, 3.8) is 0 Å². The fourth-order valence-electron chi connectivity index (χ4n) is 3.38. The molecule has 1 saturated heterocycles. The summed E-state index contributed by atoms with van der Waals surface area (Å²) in [6.07, 6.45) is 0.423. The number of hydrogen-bond donors (Lipinski definition) is 1. The van der Waals surface area contributed by atoms with E-state index in [1.54, 1.807) is 23.7 Å². The lowest BCUT2D eigenvalue weighted by Crippen LogP contribution is -2.44. The van der Waals surface area contributed by atoms with Crippen molar-refractivity contribution in [3.05, 3.63) is 65.3 Å². The largest absolute Gasteiger partial charge is 0.416 e. The summed E-state index contributed by atoms with van der Waals surface area (Å²) >= 11 is 1.56. The molecule has 5 nitrogen and oxygen atoms in total. The Kier molecular flexibility index (Phi) is 5.72. The van der Waals surface area contributed by atoms with Crippen LogP contribution in [0.1, 0.15) is 28.8 Å². The molecule has 1 aliphatic heterocycles. The first-order valence-corrected chi connectivity index (χ1v) is 10.4. The van der Waals surface area contributed by atoms with Crippen molar-refractivity contribution >= 4 is 22.4 Å². The van der Waals surface area contributed by atoms with Gasteiger partial charge in [-0.3, -0.25) is 9.78 Å². The maximum atomic E-state index is 12.9. The molecule has 4 rings (SSSR count). The number of aromatic nitrogens is 2. The maximum absolute atomic E-state index is 12.9. The van der Waals surface area contributed by atoms with Crippen LogP contribution in [-0.4, -0.2) is 35.0 Å². The van der Waals surface area contributed by atoms with Crippen molar-refractivity contribution in [1.82, 2.24) is 15.3 Å². The van der Waals surface area contributed by atoms with E-state index in [0.29, 0.717) is 25.9 Å². The monoisotopic (exact) mass is 432 g/mol. The van der Waals surface area contributed by atoms with Gasteiger partial charge in [0.25, 0.3) is 5.91 Å². The van der Waals surface area contributed by atoms with Crippen molar-refractivity contribution in [1.29, 1.82) is 0 Å². The fraction of sp³-hybridized carbons (Fsp3) is 0.286. The fourth-order valence-corrected chi connectivity index (χ4v) is 4.27. The molecule has 0 bridgehead atoms. The summed E-state index contributed by atoms with van der Waals surface area (Å²) in [6, 6.07) is 8.25. The number of carbonyl (C=O) groups is 1. The van der Waals surface area contributed by atoms with Crippen LogP contribution in [0.5, 0.6) is 0 Å². The number of anilines is 1. The molecule has 3 aromatic rings. The van der Waals surface area contributed by atoms with Crippen LogP contribution in [0.15, 0.2) is 54.2 Å². The van der Waals surface area contributed by atoms with Gasteiger partial charge in [0.2, 0.25) is 0 Å². The average molecular weight is 432 g/mol. The first-order valence-electron chi connectivity index (χ1n) is 9.49. The van der Waals surface area contributed by atoms with Crippen LogP contribution in [-0.2, 0) is 6.18 Å². The van der Waals surface area contributed by atoms with E-state index in [9.17, 15) is 18.0 Å². The van der Waals surface area contributed by atoms with Crippen LogP contribution in [0.4, 0.5) is 18.3 Å². The number of hydrogen-bond acceptors (Lipinski definition) is 5. The number of thiazole rings is 1. The van der Waals surface area contributed by atoms with E-state index in [0.717, 1.165) is 28.5 Å². The summed E-state index contributed by atoms with van der Waals surface area (Å²) in [7, 11) is 0. The SMILES string of the molecule is O=C(NC1CCN(c2nc(-c3cccnc3)cs2)CC1)c1cccc(C(F)(F)F)c1. The third kappa shape index (κ3) is 4.62. The molecule has 0 atom stereocenters. The summed E-state index contributed by atoms with van der Waals surface area (Å²) in [4.78, 5) is 23.4. The van der Waals surface area contributed by atoms with Crippen molar-refractivity contribution in [2.24, 2.45) is 0 Å². The highest BCUT2D eigenvalue weighted by atomic mass is 32.1. The molecule has 1 N–H and O–H groups in total. The predicted octanol–water partition coefficient (Wildman–Crippen LogP) is 4.62. The topological polar surface area (TPSA) is 58.1 Å². The number of halogens is 3. The summed E-state index contributed by atoms with van der Waals surface area (Å²) in [6.45, 7) is 1.43. The van der Waals surface area contributed by atoms with Gasteiger partial charge in [-0.2, -0.15) is 13.2 Å². The first-order chi connectivity index (χ1) is 14.4. The summed E-state index contributed by atoms with van der Waals surface area (Å²) in [5.41, 5.74) is 1.04. The molecule has 0 unspecified atom stereocenters. The smallest absolute Gasteiger partial charge is 0.349 e. The van der Waals surface area contributed by atoms with E-state index in [-0.39, 0.29) is 11.6 Å². The van der Waals surface area contributed by atoms with Gasteiger partial charge < -0.3 is 10.2 Å². The van der Waals surface area contributed by atoms with Crippen LogP contribution < -0.4 is 10.2 Å². The highest BCUT2D eigenvalue weighted by Crippen LogP contribution is 2.30. The molecular weight excluding hydrogens is 413 g/mol. The number of amides is 1. The van der Waals surface area contributed by atoms with Gasteiger partial charge in [-0.1, -0.05) is 6.07 Å². The van der Waals surface area contributed by atoms with Gasteiger partial charge in [-0.25, -0.2) is 4.98 Å². The number of benzene rings is 1. The zero-order chi connectivity index (χ0) is 21.1. The van der Waals surface area contributed by atoms with Gasteiger partial charge in [0, 0.05) is 48.0 Å². The van der Waals surface area contributed by atoms with Crippen LogP contribution in [0.3, 0.4) is 0 Å². The Labute approximate surface area is 175 Å². The van der Waals surface area contributed by atoms with E-state index in [2.05, 4.69) is 20.2 Å². The minimum Gasteiger partial charge on any atom is -0.349 e. The molecule has 1 fully saturated rings. The summed E-state index contributed by atoms with van der Waals surface area (Å²) in [5.74, 6) is -0.479. The van der Waals surface area contributed by atoms with Crippen molar-refractivity contribution < 1.29 is 18.0 Å². The van der Waals surface area contributed by atoms with Gasteiger partial charge in [0.1, 0.15) is 0 Å². The molecule has 1 amide bonds. The van der Waals surface area contributed by atoms with Crippen LogP contribution in [0, 0.1) is 0 Å². The number of nitrogens with one attached hydrogen (secondary N) is 1. The lowest BCUT2D eigenvalue weighted by molar-refractivity contribution is -0.137.